The summed E-state index contributed by atoms with van der Waals surface area (Å²) in [6.45, 7) is 3.18. The average molecular weight is 636 g/mol. The maximum atomic E-state index is 13.8. The first-order valence-corrected chi connectivity index (χ1v) is 15.2. The molecule has 0 saturated carbocycles. The monoisotopic (exact) mass is 635 g/mol. The third-order valence-electron chi connectivity index (χ3n) is 6.89. The summed E-state index contributed by atoms with van der Waals surface area (Å²) in [5, 5.41) is 11.3. The standard InChI is InChI=1S/C30H25N3O9S2/c1-17-10-12-21(16-22(17)33(36)37)44(38,39)42-23-13-11-19(14-24(23)40-3)15-25-28(34)32-27(20-8-6-5-7-9-20)26(29(35)41-4)18(2)31-30(32)43-25/h5-16,27H,1-4H3. The average Bonchev–Trinajstić information content (AvgIpc) is 3.30. The lowest BCUT2D eigenvalue weighted by molar-refractivity contribution is -0.385. The van der Waals surface area contributed by atoms with Gasteiger partial charge < -0.3 is 13.7 Å². The van der Waals surface area contributed by atoms with E-state index in [1.807, 2.05) is 30.3 Å². The van der Waals surface area contributed by atoms with Crippen LogP contribution in [0.5, 0.6) is 11.5 Å². The number of thiazole rings is 1. The van der Waals surface area contributed by atoms with Crippen LogP contribution in [0.15, 0.2) is 92.7 Å². The Balaban J connectivity index is 1.55. The molecule has 1 aliphatic rings. The van der Waals surface area contributed by atoms with Crippen LogP contribution in [-0.4, -0.2) is 38.1 Å². The van der Waals surface area contributed by atoms with Crippen molar-refractivity contribution in [2.45, 2.75) is 24.8 Å². The number of carbonyl (C=O) groups excluding carboxylic acids is 1. The Morgan fingerprint density at radius 2 is 1.77 bits per heavy atom. The van der Waals surface area contributed by atoms with Gasteiger partial charge in [0, 0.05) is 11.6 Å². The fourth-order valence-corrected chi connectivity index (χ4v) is 6.75. The molecule has 3 aromatic carbocycles. The Morgan fingerprint density at radius 1 is 1.05 bits per heavy atom. The van der Waals surface area contributed by atoms with E-state index in [0.29, 0.717) is 31.7 Å². The van der Waals surface area contributed by atoms with E-state index in [1.165, 1.54) is 56.0 Å². The number of hydrogen-bond donors (Lipinski definition) is 0. The first-order chi connectivity index (χ1) is 20.9. The summed E-state index contributed by atoms with van der Waals surface area (Å²) in [7, 11) is -1.86. The molecule has 0 amide bonds. The molecule has 14 heteroatoms. The van der Waals surface area contributed by atoms with Gasteiger partial charge in [-0.15, -0.1) is 0 Å². The van der Waals surface area contributed by atoms with Gasteiger partial charge in [-0.3, -0.25) is 19.5 Å². The second kappa shape index (κ2) is 11.9. The van der Waals surface area contributed by atoms with E-state index in [9.17, 15) is 28.1 Å². The number of benzene rings is 3. The molecule has 1 unspecified atom stereocenters. The topological polar surface area (TPSA) is 156 Å². The molecule has 0 saturated heterocycles. The van der Waals surface area contributed by atoms with Crippen LogP contribution < -0.4 is 23.8 Å². The van der Waals surface area contributed by atoms with Crippen LogP contribution in [0, 0.1) is 17.0 Å². The Morgan fingerprint density at radius 3 is 2.43 bits per heavy atom. The SMILES string of the molecule is COC(=O)C1=C(C)N=c2sc(=Cc3ccc(OS(=O)(=O)c4ccc(C)c([N+](=O)[O-])c4)c(OC)c3)c(=O)n2C1c1ccccc1. The van der Waals surface area contributed by atoms with Crippen LogP contribution >= 0.6 is 11.3 Å². The molecule has 0 N–H and O–H groups in total. The third kappa shape index (κ3) is 5.64. The van der Waals surface area contributed by atoms with Crippen LogP contribution in [0.3, 0.4) is 0 Å². The third-order valence-corrected chi connectivity index (χ3v) is 9.11. The van der Waals surface area contributed by atoms with Gasteiger partial charge in [0.1, 0.15) is 4.90 Å². The maximum Gasteiger partial charge on any atom is 0.339 e. The van der Waals surface area contributed by atoms with Crippen LogP contribution in [0.1, 0.15) is 29.7 Å². The summed E-state index contributed by atoms with van der Waals surface area (Å²) in [5.41, 5.74) is 1.43. The molecular formula is C30H25N3O9S2. The molecule has 0 fully saturated rings. The van der Waals surface area contributed by atoms with Gasteiger partial charge in [-0.25, -0.2) is 9.79 Å². The molecule has 0 aliphatic carbocycles. The number of methoxy groups -OCH3 is 2. The smallest absolute Gasteiger partial charge is 0.339 e. The second-order valence-electron chi connectivity index (χ2n) is 9.64. The summed E-state index contributed by atoms with van der Waals surface area (Å²) in [5.74, 6) is -0.704. The highest BCUT2D eigenvalue weighted by Gasteiger charge is 2.33. The van der Waals surface area contributed by atoms with Crippen LogP contribution in [0.2, 0.25) is 0 Å². The summed E-state index contributed by atoms with van der Waals surface area (Å²) >= 11 is 1.13. The largest absolute Gasteiger partial charge is 0.493 e. The van der Waals surface area contributed by atoms with E-state index in [-0.39, 0.29) is 28.3 Å². The highest BCUT2D eigenvalue weighted by Crippen LogP contribution is 2.33. The van der Waals surface area contributed by atoms with Crippen molar-refractivity contribution < 1.29 is 31.8 Å². The molecule has 226 valence electrons. The van der Waals surface area contributed by atoms with Gasteiger partial charge in [0.15, 0.2) is 16.3 Å². The molecule has 0 spiro atoms. The van der Waals surface area contributed by atoms with E-state index >= 15 is 0 Å². The van der Waals surface area contributed by atoms with Crippen molar-refractivity contribution in [3.8, 4) is 11.5 Å². The van der Waals surface area contributed by atoms with Gasteiger partial charge in [-0.1, -0.05) is 53.8 Å². The number of nitrogens with zero attached hydrogens (tertiary/aromatic N) is 3. The molecule has 4 aromatic rings. The van der Waals surface area contributed by atoms with Gasteiger partial charge >= 0.3 is 16.1 Å². The molecule has 5 rings (SSSR count). The predicted octanol–water partition coefficient (Wildman–Crippen LogP) is 3.40. The summed E-state index contributed by atoms with van der Waals surface area (Å²) in [6.07, 6.45) is 1.59. The highest BCUT2D eigenvalue weighted by molar-refractivity contribution is 7.87. The first kappa shape index (κ1) is 30.4. The first-order valence-electron chi connectivity index (χ1n) is 13.0. The Labute approximate surface area is 255 Å². The number of nitro benzene ring substituents is 1. The Bertz CT molecular complexity index is 2130. The van der Waals surface area contributed by atoms with Gasteiger partial charge in [0.2, 0.25) is 0 Å². The zero-order chi connectivity index (χ0) is 31.8. The van der Waals surface area contributed by atoms with Gasteiger partial charge in [0.25, 0.3) is 11.2 Å². The van der Waals surface area contributed by atoms with E-state index in [0.717, 1.165) is 17.4 Å². The zero-order valence-electron chi connectivity index (χ0n) is 23.8. The molecule has 44 heavy (non-hydrogen) atoms. The van der Waals surface area contributed by atoms with Crippen LogP contribution in [0.4, 0.5) is 5.69 Å². The molecule has 12 nitrogen and oxygen atoms in total. The molecule has 1 aromatic heterocycles. The summed E-state index contributed by atoms with van der Waals surface area (Å²) in [6, 6.07) is 16.2. The normalized spacial score (nSPS) is 14.9. The summed E-state index contributed by atoms with van der Waals surface area (Å²) in [4.78, 5) is 41.7. The van der Waals surface area contributed by atoms with Crippen molar-refractivity contribution in [2.24, 2.45) is 4.99 Å². The minimum atomic E-state index is -4.45. The molecule has 0 radical (unpaired) electrons. The number of rotatable bonds is 8. The van der Waals surface area contributed by atoms with E-state index in [1.54, 1.807) is 13.0 Å². The number of allylic oxidation sites excluding steroid dienone is 1. The quantitative estimate of drug-likeness (QED) is 0.123. The van der Waals surface area contributed by atoms with Gasteiger partial charge in [-0.05, 0) is 49.2 Å². The number of nitro groups is 1. The fraction of sp³-hybridized carbons (Fsp3) is 0.167. The number of esters is 1. The van der Waals surface area contributed by atoms with Crippen molar-refractivity contribution >= 4 is 39.2 Å². The van der Waals surface area contributed by atoms with Crippen LogP contribution in [0.25, 0.3) is 6.08 Å². The highest BCUT2D eigenvalue weighted by atomic mass is 32.2. The van der Waals surface area contributed by atoms with Gasteiger partial charge in [0.05, 0.1) is 41.0 Å². The van der Waals surface area contributed by atoms with E-state index in [4.69, 9.17) is 13.7 Å². The van der Waals surface area contributed by atoms with Gasteiger partial charge in [-0.2, -0.15) is 8.42 Å². The van der Waals surface area contributed by atoms with Crippen molar-refractivity contribution in [2.75, 3.05) is 14.2 Å². The second-order valence-corrected chi connectivity index (χ2v) is 12.2. The van der Waals surface area contributed by atoms with E-state index < -0.39 is 31.9 Å². The molecular weight excluding hydrogens is 610 g/mol. The van der Waals surface area contributed by atoms with Crippen molar-refractivity contribution in [1.29, 1.82) is 0 Å². The minimum absolute atomic E-state index is 0.0442. The van der Waals surface area contributed by atoms with Crippen molar-refractivity contribution in [1.82, 2.24) is 4.57 Å². The summed E-state index contributed by atoms with van der Waals surface area (Å²) < 4.78 is 43.3. The molecule has 2 heterocycles. The lowest BCUT2D eigenvalue weighted by Gasteiger charge is -2.24. The number of carbonyl (C=O) groups is 1. The molecule has 1 aliphatic heterocycles. The maximum absolute atomic E-state index is 13.8. The number of aryl methyl sites for hydroxylation is 1. The Hall–Kier alpha value is -5.08. The minimum Gasteiger partial charge on any atom is -0.493 e. The zero-order valence-corrected chi connectivity index (χ0v) is 25.5. The van der Waals surface area contributed by atoms with Crippen molar-refractivity contribution in [3.05, 3.63) is 124 Å². The number of fused-ring (bicyclic) bond motifs is 1. The van der Waals surface area contributed by atoms with Crippen molar-refractivity contribution in [3.63, 3.8) is 0 Å². The molecule has 1 atom stereocenters. The van der Waals surface area contributed by atoms with E-state index in [2.05, 4.69) is 4.99 Å². The number of hydrogen-bond acceptors (Lipinski definition) is 11. The Kier molecular flexibility index (Phi) is 8.21. The fourth-order valence-electron chi connectivity index (χ4n) is 4.75. The predicted molar refractivity (Wildman–Crippen MR) is 161 cm³/mol. The number of ether oxygens (including phenoxy) is 2. The van der Waals surface area contributed by atoms with Crippen LogP contribution in [-0.2, 0) is 19.6 Å². The molecule has 0 bridgehead atoms. The lowest BCUT2D eigenvalue weighted by atomic mass is 9.96. The lowest BCUT2D eigenvalue weighted by Crippen LogP contribution is -2.39. The number of aromatic nitrogens is 1.